The van der Waals surface area contributed by atoms with Gasteiger partial charge in [0.15, 0.2) is 37.7 Å². The molecular formula is C41H68O32. The number of carboxylic acid groups (broad SMARTS) is 1. The second kappa shape index (κ2) is 25.8. The number of rotatable bonds is 12. The summed E-state index contributed by atoms with van der Waals surface area (Å²) < 4.78 is 75.1. The molecule has 30 atom stereocenters. The molecule has 18 N–H and O–H groups in total. The Morgan fingerprint density at radius 3 is 0.795 bits per heavy atom. The third-order valence-corrected chi connectivity index (χ3v) is 13.7. The van der Waals surface area contributed by atoms with Crippen molar-refractivity contribution in [2.45, 2.75) is 203 Å². The Hall–Kier alpha value is -1.73. The molecule has 22 fully saturated rings. The van der Waals surface area contributed by atoms with E-state index in [4.69, 9.17) is 66.7 Å². The van der Waals surface area contributed by atoms with E-state index < -0.39 is 230 Å². The van der Waals surface area contributed by atoms with Gasteiger partial charge in [-0.2, -0.15) is 0 Å². The van der Waals surface area contributed by atoms with Gasteiger partial charge in [0.2, 0.25) is 0 Å². The van der Waals surface area contributed by atoms with Crippen LogP contribution in [0.4, 0.5) is 0 Å². The standard InChI is InChI=1S/C41H68O32/c42-5-11-29-18(50)23(55)36(62-11)69-30-12(6-43)64-38(25(57)20(30)52)71-32-14(8-45)66-40(27(59)22(32)54)73-34-16(10-47)67-41(28(60)35(34)61-4-2-1-3-17(48)49)72-33-15(9-46)65-39(26(58)21(33)53)70-31-13(7-44)63-37(68-29)24(56)19(31)51/h11-16,18-47,50-60H,1-10H2,(H,48,49)/t11-,12-,13-,14-,15-,16-,18-,19-,20-,21-,22-,23-,24-,25-,26-,27-,28-,29-,30-,31-,32-,33-,34+,35-,36-,37-,38-,39-,40-,41-/m1/s1. The first-order chi connectivity index (χ1) is 34.8. The molecule has 0 radical (unpaired) electrons. The van der Waals surface area contributed by atoms with Crippen molar-refractivity contribution in [3.63, 3.8) is 0 Å². The highest BCUT2D eigenvalue weighted by Gasteiger charge is 2.59. The van der Waals surface area contributed by atoms with Gasteiger partial charge < -0.3 is 153 Å². The lowest BCUT2D eigenvalue weighted by Gasteiger charge is -2.51. The average Bonchev–Trinajstić information content (AvgIpc) is 3.37. The number of aliphatic hydroxyl groups is 17. The lowest BCUT2D eigenvalue weighted by Crippen LogP contribution is -2.69. The lowest BCUT2D eigenvalue weighted by molar-refractivity contribution is -0.404. The molecule has 32 heteroatoms. The van der Waals surface area contributed by atoms with Crippen molar-refractivity contribution in [2.24, 2.45) is 0 Å². The first-order valence-corrected chi connectivity index (χ1v) is 23.6. The van der Waals surface area contributed by atoms with E-state index in [9.17, 15) is 91.6 Å². The predicted octanol–water partition coefficient (Wildman–Crippen LogP) is -11.8. The van der Waals surface area contributed by atoms with Crippen LogP contribution in [0, 0.1) is 0 Å². The normalized spacial score (nSPS) is 51.1. The topological polar surface area (TPSA) is 501 Å². The molecule has 32 nitrogen and oxygen atoms in total. The number of aliphatic hydroxyl groups excluding tert-OH is 17. The SMILES string of the molecule is O=C(O)CCCCO[C@@H]1[C@@H](O)[C@H]2O[C@H]3[C@H](O)[C@@H](O)[C@@H](O[C@H]4[C@H](O)[C@@H](O)[C@@H](O[C@H]5[C@H](O)[C@@H](O)[C@@H](O[C@H]6[C@H](O)[C@@H](O)[C@@H](O[C@H]7[C@H](O)[C@@H](O)[C@@H](O[C@H]1[C@@H](CO)O2)O[C@@H]7CO)O[C@@H]6CO)O[C@@H]5CO)O[C@@H]4CO)O[C@@H]3CO. The first kappa shape index (κ1) is 58.9. The number of hydrogen-bond acceptors (Lipinski definition) is 31. The number of aliphatic carboxylic acids is 1. The Balaban J connectivity index is 1.21. The molecule has 22 rings (SSSR count). The third-order valence-electron chi connectivity index (χ3n) is 13.7. The fourth-order valence-corrected chi connectivity index (χ4v) is 9.70. The summed E-state index contributed by atoms with van der Waals surface area (Å²) in [6.07, 6.45) is -58.3. The maximum Gasteiger partial charge on any atom is 0.303 e. The molecule has 22 aliphatic heterocycles. The van der Waals surface area contributed by atoms with E-state index in [1.54, 1.807) is 0 Å². The highest BCUT2D eigenvalue weighted by Crippen LogP contribution is 2.38. The molecule has 0 aliphatic carbocycles. The summed E-state index contributed by atoms with van der Waals surface area (Å²) in [5.41, 5.74) is 0. The summed E-state index contributed by atoms with van der Waals surface area (Å²) in [5.74, 6) is -1.12. The van der Waals surface area contributed by atoms with Crippen molar-refractivity contribution in [2.75, 3.05) is 46.2 Å². The predicted molar refractivity (Wildman–Crippen MR) is 221 cm³/mol. The minimum absolute atomic E-state index is 0.0706. The van der Waals surface area contributed by atoms with E-state index >= 15 is 0 Å². The molecule has 0 amide bonds. The molecule has 0 aromatic rings. The molecule has 0 aromatic heterocycles. The maximum atomic E-state index is 11.8. The highest BCUT2D eigenvalue weighted by atomic mass is 16.8. The van der Waals surface area contributed by atoms with Gasteiger partial charge in [0.05, 0.1) is 39.6 Å². The van der Waals surface area contributed by atoms with E-state index in [0.717, 1.165) is 0 Å². The number of carboxylic acids is 1. The summed E-state index contributed by atoms with van der Waals surface area (Å²) in [6, 6.07) is 0. The molecule has 0 unspecified atom stereocenters. The van der Waals surface area contributed by atoms with Crippen LogP contribution in [0.2, 0.25) is 0 Å². The highest BCUT2D eigenvalue weighted by molar-refractivity contribution is 5.66. The molecule has 22 saturated heterocycles. The van der Waals surface area contributed by atoms with E-state index in [2.05, 4.69) is 0 Å². The molecule has 0 aromatic carbocycles. The second-order valence-electron chi connectivity index (χ2n) is 18.5. The first-order valence-electron chi connectivity index (χ1n) is 23.6. The van der Waals surface area contributed by atoms with Gasteiger partial charge in [0, 0.05) is 13.0 Å². The van der Waals surface area contributed by atoms with Crippen molar-refractivity contribution in [3.05, 3.63) is 0 Å². The minimum Gasteiger partial charge on any atom is -0.481 e. The summed E-state index contributed by atoms with van der Waals surface area (Å²) >= 11 is 0. The molecule has 0 saturated carbocycles. The van der Waals surface area contributed by atoms with Gasteiger partial charge in [-0.1, -0.05) is 0 Å². The van der Waals surface area contributed by atoms with Crippen molar-refractivity contribution in [1.82, 2.24) is 0 Å². The number of hydrogen-bond donors (Lipinski definition) is 18. The molecule has 424 valence electrons. The van der Waals surface area contributed by atoms with Crippen molar-refractivity contribution in [3.8, 4) is 0 Å². The maximum absolute atomic E-state index is 11.8. The van der Waals surface area contributed by atoms with Crippen LogP contribution in [0.5, 0.6) is 0 Å². The van der Waals surface area contributed by atoms with Crippen LogP contribution in [0.15, 0.2) is 0 Å². The Morgan fingerprint density at radius 2 is 0.548 bits per heavy atom. The number of carbonyl (C=O) groups is 1. The Bertz CT molecular complexity index is 1700. The second-order valence-corrected chi connectivity index (χ2v) is 18.5. The average molecular weight is 1070 g/mol. The lowest BCUT2D eigenvalue weighted by atomic mass is 9.94. The zero-order chi connectivity index (χ0) is 53.2. The Kier molecular flexibility index (Phi) is 20.8. The fourth-order valence-electron chi connectivity index (χ4n) is 9.70. The molecule has 22 aliphatic rings. The fraction of sp³-hybridized carbons (Fsp3) is 0.976. The van der Waals surface area contributed by atoms with Gasteiger partial charge in [0.25, 0.3) is 0 Å². The summed E-state index contributed by atoms with van der Waals surface area (Å²) in [6.45, 7) is -6.33. The van der Waals surface area contributed by atoms with Gasteiger partial charge in [-0.05, 0) is 12.8 Å². The van der Waals surface area contributed by atoms with Crippen LogP contribution in [0.3, 0.4) is 0 Å². The molecule has 22 heterocycles. The zero-order valence-corrected chi connectivity index (χ0v) is 38.7. The van der Waals surface area contributed by atoms with Crippen molar-refractivity contribution < 1.29 is 158 Å². The van der Waals surface area contributed by atoms with Gasteiger partial charge >= 0.3 is 5.97 Å². The van der Waals surface area contributed by atoms with Crippen LogP contribution in [0.25, 0.3) is 0 Å². The quantitative estimate of drug-likeness (QED) is 0.0807. The Labute approximate surface area is 413 Å². The Morgan fingerprint density at radius 1 is 0.315 bits per heavy atom. The minimum atomic E-state index is -2.17. The zero-order valence-electron chi connectivity index (χ0n) is 38.7. The van der Waals surface area contributed by atoms with Crippen molar-refractivity contribution in [1.29, 1.82) is 0 Å². The van der Waals surface area contributed by atoms with E-state index in [1.165, 1.54) is 0 Å². The van der Waals surface area contributed by atoms with Crippen molar-refractivity contribution >= 4 is 5.97 Å². The number of unbranched alkanes of at least 4 members (excludes halogenated alkanes) is 1. The van der Waals surface area contributed by atoms with Crippen LogP contribution < -0.4 is 0 Å². The summed E-state index contributed by atoms with van der Waals surface area (Å²) in [7, 11) is 0. The van der Waals surface area contributed by atoms with Gasteiger partial charge in [0.1, 0.15) is 146 Å². The summed E-state index contributed by atoms with van der Waals surface area (Å²) in [4.78, 5) is 11.2. The third kappa shape index (κ3) is 12.4. The van der Waals surface area contributed by atoms with Gasteiger partial charge in [-0.15, -0.1) is 0 Å². The monoisotopic (exact) mass is 1070 g/mol. The largest absolute Gasteiger partial charge is 0.481 e. The smallest absolute Gasteiger partial charge is 0.303 e. The molecule has 0 spiro atoms. The molecular weight excluding hydrogens is 1000 g/mol. The van der Waals surface area contributed by atoms with Crippen LogP contribution in [-0.4, -0.2) is 328 Å². The molecule has 12 bridgehead atoms. The van der Waals surface area contributed by atoms with E-state index in [-0.39, 0.29) is 25.9 Å². The van der Waals surface area contributed by atoms with Crippen LogP contribution in [0.1, 0.15) is 19.3 Å². The van der Waals surface area contributed by atoms with Gasteiger partial charge in [-0.25, -0.2) is 0 Å². The van der Waals surface area contributed by atoms with E-state index in [0.29, 0.717) is 0 Å². The number of ether oxygens (including phenoxy) is 13. The van der Waals surface area contributed by atoms with Crippen LogP contribution >= 0.6 is 0 Å². The van der Waals surface area contributed by atoms with Crippen LogP contribution in [-0.2, 0) is 66.4 Å². The van der Waals surface area contributed by atoms with Gasteiger partial charge in [-0.3, -0.25) is 4.79 Å². The van der Waals surface area contributed by atoms with E-state index in [1.807, 2.05) is 0 Å². The molecule has 73 heavy (non-hydrogen) atoms. The summed E-state index contributed by atoms with van der Waals surface area (Å²) in [5, 5.41) is 197.